The molecule has 0 aromatic carbocycles. The highest BCUT2D eigenvalue weighted by Crippen LogP contribution is 2.21. The van der Waals surface area contributed by atoms with Gasteiger partial charge in [-0.2, -0.15) is 0 Å². The smallest absolute Gasteiger partial charge is 0.225 e. The van der Waals surface area contributed by atoms with Crippen molar-refractivity contribution >= 4 is 41.4 Å². The molecule has 2 rings (SSSR count). The number of hydrogen-bond acceptors (Lipinski definition) is 4. The van der Waals surface area contributed by atoms with E-state index in [0.29, 0.717) is 5.15 Å². The minimum absolute atomic E-state index is 0. The van der Waals surface area contributed by atoms with Crippen LogP contribution in [0.4, 0.5) is 5.82 Å². The zero-order valence-electron chi connectivity index (χ0n) is 7.86. The molecule has 1 atom stereocenters. The predicted molar refractivity (Wildman–Crippen MR) is 64.1 cm³/mol. The fourth-order valence-electron chi connectivity index (χ4n) is 1.54. The van der Waals surface area contributed by atoms with Gasteiger partial charge in [-0.05, 0) is 18.0 Å². The van der Waals surface area contributed by atoms with Gasteiger partial charge in [0.05, 0.1) is 0 Å². The fourth-order valence-corrected chi connectivity index (χ4v) is 1.93. The van der Waals surface area contributed by atoms with Gasteiger partial charge in [0.15, 0.2) is 0 Å². The number of nitrogens with two attached hydrogens (primary N) is 1. The molecule has 4 nitrogen and oxygen atoms in total. The Morgan fingerprint density at radius 1 is 1.40 bits per heavy atom. The Morgan fingerprint density at radius 3 is 2.67 bits per heavy atom. The van der Waals surface area contributed by atoms with Crippen molar-refractivity contribution < 1.29 is 0 Å². The molecule has 1 aromatic heterocycles. The van der Waals surface area contributed by atoms with Crippen LogP contribution < -0.4 is 10.6 Å². The van der Waals surface area contributed by atoms with Crippen LogP contribution in [0.15, 0.2) is 6.07 Å². The van der Waals surface area contributed by atoms with Gasteiger partial charge in [-0.15, -0.1) is 12.4 Å². The van der Waals surface area contributed by atoms with Crippen LogP contribution in [0.3, 0.4) is 0 Å². The van der Waals surface area contributed by atoms with Crippen LogP contribution in [-0.4, -0.2) is 29.1 Å². The standard InChI is InChI=1S/C8H10Cl2N4.ClH/c9-6-3-7(13-8(10)12-6)14-2-1-5(11)4-14;/h3,5H,1-2,4,11H2;1H. The first kappa shape index (κ1) is 12.8. The normalized spacial score (nSPS) is 20.2. The third-order valence-corrected chi connectivity index (χ3v) is 2.57. The lowest BCUT2D eigenvalue weighted by atomic mass is 10.3. The van der Waals surface area contributed by atoms with E-state index in [1.54, 1.807) is 6.07 Å². The van der Waals surface area contributed by atoms with Crippen molar-refractivity contribution in [1.82, 2.24) is 9.97 Å². The van der Waals surface area contributed by atoms with Crippen LogP contribution in [0.1, 0.15) is 6.42 Å². The number of nitrogens with zero attached hydrogens (tertiary/aromatic N) is 3. The van der Waals surface area contributed by atoms with E-state index in [2.05, 4.69) is 14.9 Å². The molecule has 1 fully saturated rings. The van der Waals surface area contributed by atoms with E-state index in [9.17, 15) is 0 Å². The second-order valence-corrected chi connectivity index (χ2v) is 4.04. The average Bonchev–Trinajstić information content (AvgIpc) is 2.50. The summed E-state index contributed by atoms with van der Waals surface area (Å²) in [7, 11) is 0. The van der Waals surface area contributed by atoms with Gasteiger partial charge >= 0.3 is 0 Å². The fraction of sp³-hybridized carbons (Fsp3) is 0.500. The van der Waals surface area contributed by atoms with E-state index in [1.807, 2.05) is 0 Å². The van der Waals surface area contributed by atoms with Crippen LogP contribution in [0.2, 0.25) is 10.4 Å². The third-order valence-electron chi connectivity index (χ3n) is 2.20. The summed E-state index contributed by atoms with van der Waals surface area (Å²) in [5, 5.41) is 0.536. The van der Waals surface area contributed by atoms with Gasteiger partial charge in [-0.25, -0.2) is 9.97 Å². The molecule has 0 aliphatic carbocycles. The molecular weight excluding hydrogens is 258 g/mol. The molecule has 0 bridgehead atoms. The molecule has 84 valence electrons. The summed E-state index contributed by atoms with van der Waals surface area (Å²) in [6, 6.07) is 1.91. The van der Waals surface area contributed by atoms with Crippen molar-refractivity contribution in [3.8, 4) is 0 Å². The average molecular weight is 270 g/mol. The Labute approximate surface area is 104 Å². The van der Waals surface area contributed by atoms with E-state index in [4.69, 9.17) is 28.9 Å². The molecule has 1 saturated heterocycles. The maximum absolute atomic E-state index is 5.79. The number of anilines is 1. The van der Waals surface area contributed by atoms with Crippen LogP contribution >= 0.6 is 35.6 Å². The van der Waals surface area contributed by atoms with Gasteiger partial charge in [-0.1, -0.05) is 11.6 Å². The summed E-state index contributed by atoms with van der Waals surface area (Å²) in [6.45, 7) is 1.69. The number of halogens is 3. The van der Waals surface area contributed by atoms with E-state index < -0.39 is 0 Å². The lowest BCUT2D eigenvalue weighted by molar-refractivity contribution is 0.751. The van der Waals surface area contributed by atoms with E-state index in [0.717, 1.165) is 25.3 Å². The first-order valence-electron chi connectivity index (χ1n) is 4.36. The predicted octanol–water partition coefficient (Wildman–Crippen LogP) is 1.74. The molecule has 0 radical (unpaired) electrons. The van der Waals surface area contributed by atoms with Gasteiger partial charge in [0.25, 0.3) is 0 Å². The third kappa shape index (κ3) is 3.08. The number of aromatic nitrogens is 2. The van der Waals surface area contributed by atoms with Crippen molar-refractivity contribution in [2.45, 2.75) is 12.5 Å². The first-order valence-corrected chi connectivity index (χ1v) is 5.11. The summed E-state index contributed by atoms with van der Waals surface area (Å²) in [6.07, 6.45) is 0.971. The Bertz CT molecular complexity index is 326. The zero-order valence-corrected chi connectivity index (χ0v) is 10.2. The minimum atomic E-state index is 0. The SMILES string of the molecule is Cl.NC1CCN(c2cc(Cl)nc(Cl)n2)C1. The highest BCUT2D eigenvalue weighted by molar-refractivity contribution is 6.32. The monoisotopic (exact) mass is 268 g/mol. The quantitative estimate of drug-likeness (QED) is 0.623. The molecule has 2 heterocycles. The molecule has 2 N–H and O–H groups in total. The second-order valence-electron chi connectivity index (χ2n) is 3.31. The number of rotatable bonds is 1. The summed E-state index contributed by atoms with van der Waals surface area (Å²) >= 11 is 11.5. The van der Waals surface area contributed by atoms with Gasteiger partial charge in [0, 0.05) is 25.2 Å². The Hall–Kier alpha value is -0.290. The minimum Gasteiger partial charge on any atom is -0.355 e. The topological polar surface area (TPSA) is 55.0 Å². The summed E-state index contributed by atoms with van der Waals surface area (Å²) in [5.41, 5.74) is 5.79. The van der Waals surface area contributed by atoms with Crippen molar-refractivity contribution in [1.29, 1.82) is 0 Å². The molecule has 1 aliphatic heterocycles. The Morgan fingerprint density at radius 2 is 2.13 bits per heavy atom. The van der Waals surface area contributed by atoms with Crippen molar-refractivity contribution in [3.63, 3.8) is 0 Å². The largest absolute Gasteiger partial charge is 0.355 e. The zero-order chi connectivity index (χ0) is 10.1. The van der Waals surface area contributed by atoms with Crippen molar-refractivity contribution in [2.75, 3.05) is 18.0 Å². The highest BCUT2D eigenvalue weighted by Gasteiger charge is 2.20. The lowest BCUT2D eigenvalue weighted by Gasteiger charge is -2.16. The maximum atomic E-state index is 5.79. The van der Waals surface area contributed by atoms with Crippen LogP contribution in [0.25, 0.3) is 0 Å². The Balaban J connectivity index is 0.00000112. The van der Waals surface area contributed by atoms with Crippen LogP contribution in [0.5, 0.6) is 0 Å². The van der Waals surface area contributed by atoms with Gasteiger partial charge in [-0.3, -0.25) is 0 Å². The highest BCUT2D eigenvalue weighted by atomic mass is 35.5. The molecule has 1 aromatic rings. The van der Waals surface area contributed by atoms with E-state index in [1.165, 1.54) is 0 Å². The molecule has 1 aliphatic rings. The molecule has 1 unspecified atom stereocenters. The molecule has 0 amide bonds. The number of hydrogen-bond donors (Lipinski definition) is 1. The summed E-state index contributed by atoms with van der Waals surface area (Å²) in [5.74, 6) is 0.753. The first-order chi connectivity index (χ1) is 6.65. The molecular formula is C8H11Cl3N4. The molecule has 7 heteroatoms. The maximum Gasteiger partial charge on any atom is 0.225 e. The van der Waals surface area contributed by atoms with Gasteiger partial charge < -0.3 is 10.6 Å². The van der Waals surface area contributed by atoms with E-state index in [-0.39, 0.29) is 23.7 Å². The van der Waals surface area contributed by atoms with E-state index >= 15 is 0 Å². The second kappa shape index (κ2) is 5.16. The van der Waals surface area contributed by atoms with Crippen LogP contribution in [-0.2, 0) is 0 Å². The Kier molecular flexibility index (Phi) is 4.40. The lowest BCUT2D eigenvalue weighted by Crippen LogP contribution is -2.26. The molecule has 15 heavy (non-hydrogen) atoms. The van der Waals surface area contributed by atoms with Crippen LogP contribution in [0, 0.1) is 0 Å². The molecule has 0 spiro atoms. The van der Waals surface area contributed by atoms with Gasteiger partial charge in [0.1, 0.15) is 11.0 Å². The van der Waals surface area contributed by atoms with Crippen molar-refractivity contribution in [3.05, 3.63) is 16.5 Å². The van der Waals surface area contributed by atoms with Gasteiger partial charge in [0.2, 0.25) is 5.28 Å². The van der Waals surface area contributed by atoms with Crippen molar-refractivity contribution in [2.24, 2.45) is 5.73 Å². The summed E-state index contributed by atoms with van der Waals surface area (Å²) in [4.78, 5) is 9.94. The molecule has 0 saturated carbocycles. The summed E-state index contributed by atoms with van der Waals surface area (Å²) < 4.78 is 0.